The second-order valence-electron chi connectivity index (χ2n) is 5.26. The zero-order valence-electron chi connectivity index (χ0n) is 10.2. The number of likely N-dealkylation sites (tertiary alicyclic amines) is 1. The van der Waals surface area contributed by atoms with Gasteiger partial charge in [0.2, 0.25) is 0 Å². The van der Waals surface area contributed by atoms with Crippen molar-refractivity contribution in [3.05, 3.63) is 11.1 Å². The monoisotopic (exact) mass is 245 g/mol. The van der Waals surface area contributed by atoms with Crippen molar-refractivity contribution in [2.75, 3.05) is 13.1 Å². The first-order valence-electron chi connectivity index (χ1n) is 5.61. The number of carboxylic acids is 1. The van der Waals surface area contributed by atoms with Gasteiger partial charge in [0.15, 0.2) is 0 Å². The molecule has 4 heteroatoms. The van der Waals surface area contributed by atoms with Crippen molar-refractivity contribution >= 4 is 17.6 Å². The lowest BCUT2D eigenvalue weighted by molar-refractivity contribution is -0.150. The van der Waals surface area contributed by atoms with Crippen LogP contribution in [0.3, 0.4) is 0 Å². The van der Waals surface area contributed by atoms with Crippen molar-refractivity contribution in [2.24, 2.45) is 5.41 Å². The largest absolute Gasteiger partial charge is 0.480 e. The fraction of sp³-hybridized carbons (Fsp3) is 0.750. The standard InChI is InChI=1S/C12H20ClNO2/c1-9(7-13)8-14-6-4-5-12(2,3)10(14)11(15)16/h7,10H,4-6,8H2,1-3H3,(H,15,16). The lowest BCUT2D eigenvalue weighted by Gasteiger charge is -2.44. The zero-order chi connectivity index (χ0) is 12.3. The Hall–Kier alpha value is -0.540. The van der Waals surface area contributed by atoms with Crippen LogP contribution in [0.4, 0.5) is 0 Å². The molecule has 1 fully saturated rings. The average molecular weight is 246 g/mol. The maximum absolute atomic E-state index is 11.4. The normalized spacial score (nSPS) is 26.8. The highest BCUT2D eigenvalue weighted by atomic mass is 35.5. The SMILES string of the molecule is CC(=CCl)CN1CCCC(C)(C)C1C(=O)O. The topological polar surface area (TPSA) is 40.5 Å². The van der Waals surface area contributed by atoms with E-state index in [0.29, 0.717) is 6.54 Å². The second-order valence-corrected chi connectivity index (χ2v) is 5.48. The molecule has 0 aliphatic carbocycles. The van der Waals surface area contributed by atoms with Gasteiger partial charge in [-0.3, -0.25) is 9.69 Å². The molecule has 0 saturated carbocycles. The molecule has 0 aromatic carbocycles. The minimum atomic E-state index is -0.730. The Kier molecular flexibility index (Phi) is 4.39. The summed E-state index contributed by atoms with van der Waals surface area (Å²) in [6.07, 6.45) is 2.01. The van der Waals surface area contributed by atoms with Crippen LogP contribution in [0.15, 0.2) is 11.1 Å². The van der Waals surface area contributed by atoms with Crippen molar-refractivity contribution in [1.82, 2.24) is 4.90 Å². The predicted octanol–water partition coefficient (Wildman–Crippen LogP) is 2.70. The van der Waals surface area contributed by atoms with E-state index in [1.807, 2.05) is 25.7 Å². The molecular weight excluding hydrogens is 226 g/mol. The van der Waals surface area contributed by atoms with Gasteiger partial charge in [-0.15, -0.1) is 0 Å². The van der Waals surface area contributed by atoms with E-state index in [9.17, 15) is 9.90 Å². The summed E-state index contributed by atoms with van der Waals surface area (Å²) < 4.78 is 0. The molecule has 1 heterocycles. The molecule has 3 nitrogen and oxygen atoms in total. The molecule has 0 bridgehead atoms. The highest BCUT2D eigenvalue weighted by Gasteiger charge is 2.42. The van der Waals surface area contributed by atoms with Gasteiger partial charge in [0, 0.05) is 12.1 Å². The van der Waals surface area contributed by atoms with Gasteiger partial charge in [0.25, 0.3) is 0 Å². The van der Waals surface area contributed by atoms with Gasteiger partial charge in [-0.25, -0.2) is 0 Å². The summed E-state index contributed by atoms with van der Waals surface area (Å²) in [6, 6.07) is -0.409. The summed E-state index contributed by atoms with van der Waals surface area (Å²) in [5.41, 5.74) is 2.36. The Labute approximate surface area is 102 Å². The van der Waals surface area contributed by atoms with Crippen molar-refractivity contribution in [1.29, 1.82) is 0 Å². The minimum Gasteiger partial charge on any atom is -0.480 e. The maximum Gasteiger partial charge on any atom is 0.321 e. The highest BCUT2D eigenvalue weighted by Crippen LogP contribution is 2.35. The summed E-state index contributed by atoms with van der Waals surface area (Å²) in [5.74, 6) is -0.730. The van der Waals surface area contributed by atoms with Crippen LogP contribution in [0.5, 0.6) is 0 Å². The van der Waals surface area contributed by atoms with E-state index in [1.165, 1.54) is 5.54 Å². The first-order valence-corrected chi connectivity index (χ1v) is 6.05. The van der Waals surface area contributed by atoms with Crippen LogP contribution in [0.1, 0.15) is 33.6 Å². The van der Waals surface area contributed by atoms with Gasteiger partial charge in [-0.2, -0.15) is 0 Å². The Morgan fingerprint density at radius 2 is 2.25 bits per heavy atom. The number of hydrogen-bond acceptors (Lipinski definition) is 2. The quantitative estimate of drug-likeness (QED) is 0.831. The molecule has 1 aliphatic heterocycles. The lowest BCUT2D eigenvalue weighted by Crippen LogP contribution is -2.54. The number of carboxylic acid groups (broad SMARTS) is 1. The van der Waals surface area contributed by atoms with Crippen LogP contribution in [-0.2, 0) is 4.79 Å². The fourth-order valence-electron chi connectivity index (χ4n) is 2.51. The first-order chi connectivity index (χ1) is 7.38. The summed E-state index contributed by atoms with van der Waals surface area (Å²) in [5, 5.41) is 9.34. The third-order valence-corrected chi connectivity index (χ3v) is 3.62. The van der Waals surface area contributed by atoms with Crippen LogP contribution in [-0.4, -0.2) is 35.1 Å². The Balaban J connectivity index is 2.85. The summed E-state index contributed by atoms with van der Waals surface area (Å²) >= 11 is 5.63. The molecule has 1 saturated heterocycles. The zero-order valence-corrected chi connectivity index (χ0v) is 10.9. The Bertz CT molecular complexity index is 299. The molecule has 0 aromatic rings. The van der Waals surface area contributed by atoms with E-state index in [1.54, 1.807) is 0 Å². The first kappa shape index (κ1) is 13.5. The molecule has 0 aromatic heterocycles. The molecule has 1 aliphatic rings. The van der Waals surface area contributed by atoms with E-state index < -0.39 is 12.0 Å². The van der Waals surface area contributed by atoms with E-state index >= 15 is 0 Å². The van der Waals surface area contributed by atoms with E-state index in [0.717, 1.165) is 25.0 Å². The second kappa shape index (κ2) is 5.19. The molecule has 1 N–H and O–H groups in total. The van der Waals surface area contributed by atoms with E-state index in [-0.39, 0.29) is 5.41 Å². The third-order valence-electron chi connectivity index (χ3n) is 3.24. The highest BCUT2D eigenvalue weighted by molar-refractivity contribution is 6.25. The smallest absolute Gasteiger partial charge is 0.321 e. The average Bonchev–Trinajstić information content (AvgIpc) is 2.15. The van der Waals surface area contributed by atoms with Crippen LogP contribution >= 0.6 is 11.6 Å². The molecule has 0 amide bonds. The van der Waals surface area contributed by atoms with E-state index in [2.05, 4.69) is 0 Å². The van der Waals surface area contributed by atoms with Crippen molar-refractivity contribution in [2.45, 2.75) is 39.7 Å². The van der Waals surface area contributed by atoms with Crippen LogP contribution in [0.2, 0.25) is 0 Å². The number of halogens is 1. The molecule has 1 unspecified atom stereocenters. The van der Waals surface area contributed by atoms with Gasteiger partial charge in [0.1, 0.15) is 6.04 Å². The molecular formula is C12H20ClNO2. The lowest BCUT2D eigenvalue weighted by atomic mass is 9.76. The number of rotatable bonds is 3. The van der Waals surface area contributed by atoms with Gasteiger partial charge in [-0.1, -0.05) is 25.4 Å². The number of carbonyl (C=O) groups is 1. The van der Waals surface area contributed by atoms with Gasteiger partial charge >= 0.3 is 5.97 Å². The molecule has 16 heavy (non-hydrogen) atoms. The van der Waals surface area contributed by atoms with E-state index in [4.69, 9.17) is 11.6 Å². The van der Waals surface area contributed by atoms with Crippen molar-refractivity contribution in [3.63, 3.8) is 0 Å². The molecule has 92 valence electrons. The molecule has 1 atom stereocenters. The number of hydrogen-bond donors (Lipinski definition) is 1. The van der Waals surface area contributed by atoms with Crippen LogP contribution in [0, 0.1) is 5.41 Å². The summed E-state index contributed by atoms with van der Waals surface area (Å²) in [6.45, 7) is 7.45. The predicted molar refractivity (Wildman–Crippen MR) is 65.6 cm³/mol. The van der Waals surface area contributed by atoms with Gasteiger partial charge in [0.05, 0.1) is 0 Å². The number of piperidine rings is 1. The van der Waals surface area contributed by atoms with Gasteiger partial charge < -0.3 is 5.11 Å². The Morgan fingerprint density at radius 1 is 1.62 bits per heavy atom. The molecule has 1 rings (SSSR count). The molecule has 0 radical (unpaired) electrons. The minimum absolute atomic E-state index is 0.170. The van der Waals surface area contributed by atoms with Crippen LogP contribution in [0.25, 0.3) is 0 Å². The maximum atomic E-state index is 11.4. The van der Waals surface area contributed by atoms with Crippen molar-refractivity contribution < 1.29 is 9.90 Å². The van der Waals surface area contributed by atoms with Gasteiger partial charge in [-0.05, 0) is 37.3 Å². The third kappa shape index (κ3) is 2.98. The fourth-order valence-corrected chi connectivity index (χ4v) is 2.58. The van der Waals surface area contributed by atoms with Crippen LogP contribution < -0.4 is 0 Å². The molecule has 0 spiro atoms. The summed E-state index contributed by atoms with van der Waals surface area (Å²) in [7, 11) is 0. The summed E-state index contributed by atoms with van der Waals surface area (Å²) in [4.78, 5) is 13.4. The Morgan fingerprint density at radius 3 is 2.75 bits per heavy atom. The number of aliphatic carboxylic acids is 1. The van der Waals surface area contributed by atoms with Crippen molar-refractivity contribution in [3.8, 4) is 0 Å². The number of nitrogens with zero attached hydrogens (tertiary/aromatic N) is 1.